The first-order chi connectivity index (χ1) is 6.52. The third kappa shape index (κ3) is 2.31. The number of imidazole rings is 1. The van der Waals surface area contributed by atoms with Crippen LogP contribution in [0, 0.1) is 5.92 Å². The van der Waals surface area contributed by atoms with Crippen LogP contribution in [0.4, 0.5) is 0 Å². The Kier molecular flexibility index (Phi) is 3.23. The van der Waals surface area contributed by atoms with Crippen molar-refractivity contribution in [2.75, 3.05) is 0 Å². The van der Waals surface area contributed by atoms with Crippen molar-refractivity contribution in [2.45, 2.75) is 20.8 Å². The summed E-state index contributed by atoms with van der Waals surface area (Å²) in [5.74, 6) is 1.04. The van der Waals surface area contributed by atoms with Gasteiger partial charge in [0.2, 0.25) is 0 Å². The maximum absolute atomic E-state index is 11.6. The summed E-state index contributed by atoms with van der Waals surface area (Å²) in [6.07, 6.45) is 5.40. The number of Topliss-reactive ketones (excluding diaryl/α,β-unsaturated/α-hetero) is 1. The molecule has 1 aromatic rings. The van der Waals surface area contributed by atoms with Gasteiger partial charge in [-0.05, 0) is 18.6 Å². The number of carbonyl (C=O) groups is 1. The van der Waals surface area contributed by atoms with Crippen LogP contribution in [0.2, 0.25) is 0 Å². The molecule has 14 heavy (non-hydrogen) atoms. The molecule has 0 aliphatic carbocycles. The van der Waals surface area contributed by atoms with Crippen molar-refractivity contribution < 1.29 is 4.79 Å². The Balaban J connectivity index is 2.89. The fourth-order valence-electron chi connectivity index (χ4n) is 1.24. The molecule has 1 aromatic heterocycles. The molecule has 0 aliphatic heterocycles. The summed E-state index contributed by atoms with van der Waals surface area (Å²) in [5.41, 5.74) is 0.759. The second-order valence-electron chi connectivity index (χ2n) is 3.74. The number of allylic oxidation sites excluding steroid dienone is 1. The number of ketones is 1. The van der Waals surface area contributed by atoms with Crippen LogP contribution in [0.25, 0.3) is 6.08 Å². The van der Waals surface area contributed by atoms with Crippen LogP contribution in [0.15, 0.2) is 18.0 Å². The molecular formula is C11H16N2O. The Morgan fingerprint density at radius 2 is 2.21 bits per heavy atom. The molecule has 0 aliphatic rings. The standard InChI is InChI=1S/C11H16N2O/c1-8(2)11(14)9(3)7-10-12-5-6-13(10)4/h5-8H,1-4H3/b9-7+. The molecule has 0 fully saturated rings. The highest BCUT2D eigenvalue weighted by atomic mass is 16.1. The molecule has 0 N–H and O–H groups in total. The van der Waals surface area contributed by atoms with E-state index in [1.54, 1.807) is 6.20 Å². The zero-order chi connectivity index (χ0) is 10.7. The molecular weight excluding hydrogens is 176 g/mol. The lowest BCUT2D eigenvalue weighted by molar-refractivity contribution is -0.118. The van der Waals surface area contributed by atoms with Crippen molar-refractivity contribution in [2.24, 2.45) is 13.0 Å². The molecule has 0 bridgehead atoms. The smallest absolute Gasteiger partial charge is 0.161 e. The van der Waals surface area contributed by atoms with E-state index >= 15 is 0 Å². The van der Waals surface area contributed by atoms with Crippen LogP contribution in [-0.4, -0.2) is 15.3 Å². The Morgan fingerprint density at radius 1 is 1.57 bits per heavy atom. The van der Waals surface area contributed by atoms with E-state index in [1.165, 1.54) is 0 Å². The number of hydrogen-bond donors (Lipinski definition) is 0. The number of carbonyl (C=O) groups excluding carboxylic acids is 1. The van der Waals surface area contributed by atoms with Crippen molar-refractivity contribution >= 4 is 11.9 Å². The first kappa shape index (κ1) is 10.7. The van der Waals surface area contributed by atoms with Crippen molar-refractivity contribution in [3.63, 3.8) is 0 Å². The minimum absolute atomic E-state index is 0.0477. The van der Waals surface area contributed by atoms with E-state index in [2.05, 4.69) is 4.98 Å². The van der Waals surface area contributed by atoms with Gasteiger partial charge in [0.25, 0.3) is 0 Å². The van der Waals surface area contributed by atoms with E-state index in [1.807, 2.05) is 44.7 Å². The number of aromatic nitrogens is 2. The van der Waals surface area contributed by atoms with Gasteiger partial charge in [0.15, 0.2) is 5.78 Å². The predicted octanol–water partition coefficient (Wildman–Crippen LogP) is 2.05. The van der Waals surface area contributed by atoms with Gasteiger partial charge in [-0.3, -0.25) is 4.79 Å². The molecule has 3 nitrogen and oxygen atoms in total. The summed E-state index contributed by atoms with van der Waals surface area (Å²) >= 11 is 0. The summed E-state index contributed by atoms with van der Waals surface area (Å²) in [7, 11) is 1.91. The highest BCUT2D eigenvalue weighted by molar-refractivity contribution is 5.99. The highest BCUT2D eigenvalue weighted by Crippen LogP contribution is 2.09. The Bertz CT molecular complexity index is 361. The molecule has 0 saturated carbocycles. The lowest BCUT2D eigenvalue weighted by Gasteiger charge is -2.03. The molecule has 0 atom stereocenters. The number of rotatable bonds is 3. The Labute approximate surface area is 84.5 Å². The molecule has 76 valence electrons. The SMILES string of the molecule is C/C(=C\c1nccn1C)C(=O)C(C)C. The van der Waals surface area contributed by atoms with E-state index in [9.17, 15) is 4.79 Å². The van der Waals surface area contributed by atoms with Crippen molar-refractivity contribution in [3.8, 4) is 0 Å². The fourth-order valence-corrected chi connectivity index (χ4v) is 1.24. The summed E-state index contributed by atoms with van der Waals surface area (Å²) in [6.45, 7) is 5.63. The summed E-state index contributed by atoms with van der Waals surface area (Å²) in [6, 6.07) is 0. The monoisotopic (exact) mass is 192 g/mol. The average molecular weight is 192 g/mol. The van der Waals surface area contributed by atoms with Gasteiger partial charge in [-0.1, -0.05) is 13.8 Å². The molecule has 1 rings (SSSR count). The third-order valence-corrected chi connectivity index (χ3v) is 2.12. The lowest BCUT2D eigenvalue weighted by Crippen LogP contribution is -2.08. The summed E-state index contributed by atoms with van der Waals surface area (Å²) in [4.78, 5) is 15.7. The number of aryl methyl sites for hydroxylation is 1. The van der Waals surface area contributed by atoms with Crippen LogP contribution < -0.4 is 0 Å². The molecule has 0 amide bonds. The van der Waals surface area contributed by atoms with Crippen LogP contribution >= 0.6 is 0 Å². The summed E-state index contributed by atoms with van der Waals surface area (Å²) < 4.78 is 1.89. The van der Waals surface area contributed by atoms with Crippen LogP contribution in [0.1, 0.15) is 26.6 Å². The molecule has 0 radical (unpaired) electrons. The minimum Gasteiger partial charge on any atom is -0.335 e. The first-order valence-electron chi connectivity index (χ1n) is 4.72. The maximum Gasteiger partial charge on any atom is 0.161 e. The molecule has 0 spiro atoms. The largest absolute Gasteiger partial charge is 0.335 e. The van der Waals surface area contributed by atoms with Gasteiger partial charge in [0, 0.05) is 25.4 Å². The fraction of sp³-hybridized carbons (Fsp3) is 0.455. The van der Waals surface area contributed by atoms with Crippen molar-refractivity contribution in [1.29, 1.82) is 0 Å². The zero-order valence-corrected chi connectivity index (χ0v) is 9.11. The maximum atomic E-state index is 11.6. The van der Waals surface area contributed by atoms with Gasteiger partial charge >= 0.3 is 0 Å². The molecule has 0 aromatic carbocycles. The van der Waals surface area contributed by atoms with Crippen LogP contribution in [0.3, 0.4) is 0 Å². The van der Waals surface area contributed by atoms with E-state index < -0.39 is 0 Å². The Morgan fingerprint density at radius 3 is 2.64 bits per heavy atom. The second-order valence-corrected chi connectivity index (χ2v) is 3.74. The predicted molar refractivity (Wildman–Crippen MR) is 56.7 cm³/mol. The van der Waals surface area contributed by atoms with Crippen LogP contribution in [-0.2, 0) is 11.8 Å². The average Bonchev–Trinajstić information content (AvgIpc) is 2.50. The minimum atomic E-state index is 0.0477. The van der Waals surface area contributed by atoms with Crippen molar-refractivity contribution in [3.05, 3.63) is 23.8 Å². The van der Waals surface area contributed by atoms with E-state index in [-0.39, 0.29) is 11.7 Å². The van der Waals surface area contributed by atoms with E-state index in [4.69, 9.17) is 0 Å². The van der Waals surface area contributed by atoms with Gasteiger partial charge in [-0.25, -0.2) is 4.98 Å². The number of hydrogen-bond acceptors (Lipinski definition) is 2. The molecule has 3 heteroatoms. The highest BCUT2D eigenvalue weighted by Gasteiger charge is 2.09. The quantitative estimate of drug-likeness (QED) is 0.687. The van der Waals surface area contributed by atoms with E-state index in [0.717, 1.165) is 11.4 Å². The van der Waals surface area contributed by atoms with Gasteiger partial charge < -0.3 is 4.57 Å². The van der Waals surface area contributed by atoms with Crippen LogP contribution in [0.5, 0.6) is 0 Å². The normalized spacial score (nSPS) is 12.2. The van der Waals surface area contributed by atoms with Gasteiger partial charge in [0.05, 0.1) is 0 Å². The van der Waals surface area contributed by atoms with Gasteiger partial charge in [0.1, 0.15) is 5.82 Å². The molecule has 1 heterocycles. The molecule has 0 saturated heterocycles. The lowest BCUT2D eigenvalue weighted by atomic mass is 10.0. The number of nitrogens with zero attached hydrogens (tertiary/aromatic N) is 2. The third-order valence-electron chi connectivity index (χ3n) is 2.12. The van der Waals surface area contributed by atoms with E-state index in [0.29, 0.717) is 0 Å². The second kappa shape index (κ2) is 4.22. The topological polar surface area (TPSA) is 34.9 Å². The van der Waals surface area contributed by atoms with Gasteiger partial charge in [-0.15, -0.1) is 0 Å². The first-order valence-corrected chi connectivity index (χ1v) is 4.72. The van der Waals surface area contributed by atoms with Crippen molar-refractivity contribution in [1.82, 2.24) is 9.55 Å². The summed E-state index contributed by atoms with van der Waals surface area (Å²) in [5, 5.41) is 0. The molecule has 0 unspecified atom stereocenters. The van der Waals surface area contributed by atoms with Gasteiger partial charge in [-0.2, -0.15) is 0 Å². The zero-order valence-electron chi connectivity index (χ0n) is 9.11. The Hall–Kier alpha value is -1.38.